The Morgan fingerprint density at radius 3 is 2.37 bits per heavy atom. The van der Waals surface area contributed by atoms with Crippen molar-refractivity contribution in [2.45, 2.75) is 0 Å². The molecule has 0 atom stereocenters. The molecule has 0 amide bonds. The van der Waals surface area contributed by atoms with Gasteiger partial charge in [-0.2, -0.15) is 0 Å². The van der Waals surface area contributed by atoms with Crippen LogP contribution in [0.1, 0.15) is 5.56 Å². The number of aromatic nitrogens is 2. The van der Waals surface area contributed by atoms with E-state index in [-0.39, 0.29) is 5.56 Å². The second-order valence-electron chi connectivity index (χ2n) is 6.74. The van der Waals surface area contributed by atoms with Crippen molar-refractivity contribution in [1.82, 2.24) is 9.38 Å². The molecule has 6 heteroatoms. The summed E-state index contributed by atoms with van der Waals surface area (Å²) in [4.78, 5) is 18.5. The van der Waals surface area contributed by atoms with Crippen molar-refractivity contribution in [3.63, 3.8) is 0 Å². The van der Waals surface area contributed by atoms with Crippen LogP contribution in [-0.4, -0.2) is 9.38 Å². The summed E-state index contributed by atoms with van der Waals surface area (Å²) in [5.41, 5.74) is 2.86. The van der Waals surface area contributed by atoms with Gasteiger partial charge in [-0.25, -0.2) is 13.8 Å². The summed E-state index contributed by atoms with van der Waals surface area (Å²) < 4.78 is 16.8. The van der Waals surface area contributed by atoms with Gasteiger partial charge >= 0.3 is 0 Å². The highest BCUT2D eigenvalue weighted by Crippen LogP contribution is 2.33. The molecule has 3 nitrogen and oxygen atoms in total. The Balaban J connectivity index is 1.82. The molecule has 0 aliphatic rings. The van der Waals surface area contributed by atoms with E-state index in [9.17, 15) is 9.18 Å². The van der Waals surface area contributed by atoms with Gasteiger partial charge in [0.05, 0.1) is 15.9 Å². The fraction of sp³-hybridized carbons (Fsp3) is 0. The van der Waals surface area contributed by atoms with Crippen LogP contribution in [0, 0.1) is 5.82 Å². The Hall–Kier alpha value is -3.28. The molecular formula is C24H14ClFN2OS. The molecule has 5 rings (SSSR count). The van der Waals surface area contributed by atoms with Crippen LogP contribution in [-0.2, 0) is 0 Å². The average Bonchev–Trinajstić information content (AvgIpc) is 3.27. The molecule has 0 radical (unpaired) electrons. The first kappa shape index (κ1) is 18.7. The van der Waals surface area contributed by atoms with Gasteiger partial charge in [-0.05, 0) is 35.9 Å². The Kier molecular flexibility index (Phi) is 4.69. The molecule has 3 aromatic carbocycles. The topological polar surface area (TPSA) is 34.4 Å². The number of fused-ring (bicyclic) bond motifs is 1. The van der Waals surface area contributed by atoms with Crippen LogP contribution in [0.5, 0.6) is 0 Å². The van der Waals surface area contributed by atoms with Gasteiger partial charge in [-0.15, -0.1) is 0 Å². The molecule has 0 fully saturated rings. The van der Waals surface area contributed by atoms with E-state index in [1.54, 1.807) is 36.4 Å². The van der Waals surface area contributed by atoms with Crippen molar-refractivity contribution >= 4 is 34.0 Å². The first-order valence-corrected chi connectivity index (χ1v) is 10.4. The minimum Gasteiger partial charge on any atom is -0.267 e. The molecular weight excluding hydrogens is 419 g/mol. The van der Waals surface area contributed by atoms with Crippen LogP contribution in [0.4, 0.5) is 4.39 Å². The van der Waals surface area contributed by atoms with Crippen LogP contribution >= 0.6 is 22.9 Å². The molecule has 0 saturated heterocycles. The minimum atomic E-state index is -0.398. The Labute approximate surface area is 180 Å². The van der Waals surface area contributed by atoms with Crippen molar-refractivity contribution < 1.29 is 4.39 Å². The fourth-order valence-electron chi connectivity index (χ4n) is 3.41. The van der Waals surface area contributed by atoms with Crippen LogP contribution in [0.3, 0.4) is 0 Å². The van der Waals surface area contributed by atoms with Gasteiger partial charge in [0.15, 0.2) is 4.96 Å². The number of hydrogen-bond acceptors (Lipinski definition) is 3. The lowest BCUT2D eigenvalue weighted by molar-refractivity contribution is 0.630. The molecule has 0 bridgehead atoms. The van der Waals surface area contributed by atoms with E-state index in [0.29, 0.717) is 31.5 Å². The van der Waals surface area contributed by atoms with Gasteiger partial charge in [-0.1, -0.05) is 77.5 Å². The van der Waals surface area contributed by atoms with E-state index in [2.05, 4.69) is 0 Å². The average molecular weight is 433 g/mol. The molecule has 0 aliphatic carbocycles. The van der Waals surface area contributed by atoms with Gasteiger partial charge in [0.2, 0.25) is 0 Å². The summed E-state index contributed by atoms with van der Waals surface area (Å²) in [5, 5.41) is 0.629. The van der Waals surface area contributed by atoms with Crippen molar-refractivity contribution in [2.24, 2.45) is 0 Å². The summed E-state index contributed by atoms with van der Waals surface area (Å²) in [7, 11) is 0. The predicted octanol–water partition coefficient (Wildman–Crippen LogP) is 5.43. The highest BCUT2D eigenvalue weighted by atomic mass is 35.5. The normalized spacial score (nSPS) is 12.0. The Morgan fingerprint density at radius 2 is 1.63 bits per heavy atom. The SMILES string of the molecule is O=c1/c(=C/c2ccc(Cl)cc2)sc2nc(-c3ccccc3)c(-c3ccccc3F)n12. The third kappa shape index (κ3) is 3.22. The zero-order chi connectivity index (χ0) is 20.7. The lowest BCUT2D eigenvalue weighted by Crippen LogP contribution is -2.23. The molecule has 2 heterocycles. The van der Waals surface area contributed by atoms with Crippen molar-refractivity contribution in [3.05, 3.63) is 110 Å². The highest BCUT2D eigenvalue weighted by molar-refractivity contribution is 7.15. The fourth-order valence-corrected chi connectivity index (χ4v) is 4.51. The molecule has 0 unspecified atom stereocenters. The predicted molar refractivity (Wildman–Crippen MR) is 120 cm³/mol. The molecule has 5 aromatic rings. The number of thiazole rings is 1. The van der Waals surface area contributed by atoms with E-state index in [0.717, 1.165) is 11.1 Å². The van der Waals surface area contributed by atoms with Gasteiger partial charge in [0, 0.05) is 16.1 Å². The van der Waals surface area contributed by atoms with Gasteiger partial charge < -0.3 is 0 Å². The maximum Gasteiger partial charge on any atom is 0.274 e. The Morgan fingerprint density at radius 1 is 0.933 bits per heavy atom. The highest BCUT2D eigenvalue weighted by Gasteiger charge is 2.21. The van der Waals surface area contributed by atoms with Crippen LogP contribution in [0.2, 0.25) is 5.02 Å². The summed E-state index contributed by atoms with van der Waals surface area (Å²) >= 11 is 7.23. The minimum absolute atomic E-state index is 0.224. The number of nitrogens with zero attached hydrogens (tertiary/aromatic N) is 2. The molecule has 0 N–H and O–H groups in total. The molecule has 0 aliphatic heterocycles. The molecule has 0 saturated carbocycles. The second kappa shape index (κ2) is 7.52. The van der Waals surface area contributed by atoms with Crippen LogP contribution in [0.25, 0.3) is 33.6 Å². The van der Waals surface area contributed by atoms with E-state index in [1.807, 2.05) is 42.5 Å². The number of rotatable bonds is 3. The first-order chi connectivity index (χ1) is 14.6. The number of halogens is 2. The summed E-state index contributed by atoms with van der Waals surface area (Å²) in [6, 6.07) is 23.2. The van der Waals surface area contributed by atoms with Crippen molar-refractivity contribution in [2.75, 3.05) is 0 Å². The van der Waals surface area contributed by atoms with Gasteiger partial charge in [0.25, 0.3) is 5.56 Å². The van der Waals surface area contributed by atoms with E-state index < -0.39 is 5.82 Å². The summed E-state index contributed by atoms with van der Waals surface area (Å²) in [5.74, 6) is -0.398. The van der Waals surface area contributed by atoms with Crippen molar-refractivity contribution in [1.29, 1.82) is 0 Å². The van der Waals surface area contributed by atoms with Crippen LogP contribution < -0.4 is 10.1 Å². The van der Waals surface area contributed by atoms with E-state index in [4.69, 9.17) is 16.6 Å². The smallest absolute Gasteiger partial charge is 0.267 e. The van der Waals surface area contributed by atoms with E-state index >= 15 is 0 Å². The summed E-state index contributed by atoms with van der Waals surface area (Å²) in [6.07, 6.45) is 1.80. The number of imidazole rings is 1. The second-order valence-corrected chi connectivity index (χ2v) is 8.19. The summed E-state index contributed by atoms with van der Waals surface area (Å²) in [6.45, 7) is 0. The first-order valence-electron chi connectivity index (χ1n) is 9.25. The van der Waals surface area contributed by atoms with Crippen LogP contribution in [0.15, 0.2) is 83.7 Å². The third-order valence-electron chi connectivity index (χ3n) is 4.81. The quantitative estimate of drug-likeness (QED) is 0.381. The lowest BCUT2D eigenvalue weighted by Gasteiger charge is -2.05. The van der Waals surface area contributed by atoms with Crippen molar-refractivity contribution in [3.8, 4) is 22.5 Å². The van der Waals surface area contributed by atoms with Gasteiger partial charge in [-0.3, -0.25) is 4.79 Å². The van der Waals surface area contributed by atoms with E-state index in [1.165, 1.54) is 21.8 Å². The molecule has 2 aromatic heterocycles. The largest absolute Gasteiger partial charge is 0.274 e. The lowest BCUT2D eigenvalue weighted by atomic mass is 10.0. The standard InChI is InChI=1S/C24H14ClFN2OS/c25-17-12-10-15(11-13-17)14-20-23(29)28-22(18-8-4-5-9-19(18)26)21(27-24(28)30-20)16-6-2-1-3-7-16/h1-14H/b20-14-. The Bertz CT molecular complexity index is 1470. The third-order valence-corrected chi connectivity index (χ3v) is 6.03. The number of hydrogen-bond donors (Lipinski definition) is 0. The molecule has 146 valence electrons. The molecule has 30 heavy (non-hydrogen) atoms. The number of benzene rings is 3. The maximum absolute atomic E-state index is 14.7. The monoisotopic (exact) mass is 432 g/mol. The molecule has 0 spiro atoms. The van der Waals surface area contributed by atoms with Gasteiger partial charge in [0.1, 0.15) is 5.82 Å². The zero-order valence-corrected chi connectivity index (χ0v) is 17.1. The maximum atomic E-state index is 14.7. The zero-order valence-electron chi connectivity index (χ0n) is 15.5.